The second-order valence-corrected chi connectivity index (χ2v) is 7.11. The van der Waals surface area contributed by atoms with Gasteiger partial charge < -0.3 is 19.7 Å². The molecule has 0 unspecified atom stereocenters. The molecule has 0 radical (unpaired) electrons. The molecule has 0 saturated heterocycles. The van der Waals surface area contributed by atoms with Gasteiger partial charge in [0.05, 0.1) is 34.5 Å². The molecule has 0 aromatic heterocycles. The lowest BCUT2D eigenvalue weighted by molar-refractivity contribution is -0.116. The maximum Gasteiger partial charge on any atom is 0.254 e. The molecule has 0 aliphatic carbocycles. The van der Waals surface area contributed by atoms with Crippen LogP contribution in [-0.4, -0.2) is 43.5 Å². The van der Waals surface area contributed by atoms with Crippen molar-refractivity contribution in [1.82, 2.24) is 4.90 Å². The number of ether oxygens (including phenoxy) is 2. The Hall–Kier alpha value is -2.15. The van der Waals surface area contributed by atoms with Gasteiger partial charge in [-0.1, -0.05) is 40.9 Å². The summed E-state index contributed by atoms with van der Waals surface area (Å²) in [5.41, 5.74) is 0.579. The van der Waals surface area contributed by atoms with Crippen LogP contribution in [0, 0.1) is 0 Å². The largest absolute Gasteiger partial charge is 0.493 e. The van der Waals surface area contributed by atoms with Crippen molar-refractivity contribution < 1.29 is 19.1 Å². The van der Waals surface area contributed by atoms with Crippen molar-refractivity contribution in [3.05, 3.63) is 51.0 Å². The van der Waals surface area contributed by atoms with Gasteiger partial charge >= 0.3 is 0 Å². The van der Waals surface area contributed by atoms with Crippen molar-refractivity contribution in [2.75, 3.05) is 32.1 Å². The summed E-state index contributed by atoms with van der Waals surface area (Å²) >= 11 is 18.4. The first-order valence-electron chi connectivity index (χ1n) is 8.85. The summed E-state index contributed by atoms with van der Waals surface area (Å²) in [4.78, 5) is 26.8. The van der Waals surface area contributed by atoms with E-state index >= 15 is 0 Å². The molecule has 2 amide bonds. The SMILES string of the molecule is CCOc1c(Cl)cc(C(=O)N(CC)CC(=O)Nc2c(Cl)cccc2Cl)cc1OC. The van der Waals surface area contributed by atoms with E-state index in [1.165, 1.54) is 24.1 Å². The van der Waals surface area contributed by atoms with Crippen molar-refractivity contribution in [2.45, 2.75) is 13.8 Å². The van der Waals surface area contributed by atoms with Gasteiger partial charge in [0.2, 0.25) is 5.91 Å². The Kier molecular flexibility index (Phi) is 8.44. The molecular formula is C20H21Cl3N2O4. The monoisotopic (exact) mass is 458 g/mol. The van der Waals surface area contributed by atoms with Crippen LogP contribution in [0.2, 0.25) is 15.1 Å². The van der Waals surface area contributed by atoms with Crippen molar-refractivity contribution >= 4 is 52.3 Å². The Morgan fingerprint density at radius 1 is 1.07 bits per heavy atom. The average molecular weight is 460 g/mol. The molecule has 2 rings (SSSR count). The molecule has 0 heterocycles. The minimum Gasteiger partial charge on any atom is -0.493 e. The molecule has 0 aliphatic rings. The molecule has 2 aromatic carbocycles. The Morgan fingerprint density at radius 3 is 2.28 bits per heavy atom. The first-order valence-corrected chi connectivity index (χ1v) is 9.99. The van der Waals surface area contributed by atoms with Crippen LogP contribution in [0.4, 0.5) is 5.69 Å². The summed E-state index contributed by atoms with van der Waals surface area (Å²) in [5.74, 6) is -0.108. The maximum atomic E-state index is 12.9. The molecule has 0 spiro atoms. The zero-order valence-electron chi connectivity index (χ0n) is 16.2. The summed E-state index contributed by atoms with van der Waals surface area (Å²) in [6.07, 6.45) is 0. The fourth-order valence-electron chi connectivity index (χ4n) is 2.61. The molecule has 156 valence electrons. The molecule has 0 bridgehead atoms. The lowest BCUT2D eigenvalue weighted by atomic mass is 10.1. The number of likely N-dealkylation sites (N-methyl/N-ethyl adjacent to an activating group) is 1. The fourth-order valence-corrected chi connectivity index (χ4v) is 3.36. The number of halogens is 3. The number of carbonyl (C=O) groups excluding carboxylic acids is 2. The number of benzene rings is 2. The van der Waals surface area contributed by atoms with Gasteiger partial charge in [0.1, 0.15) is 6.54 Å². The smallest absolute Gasteiger partial charge is 0.254 e. The first-order chi connectivity index (χ1) is 13.8. The number of hydrogen-bond acceptors (Lipinski definition) is 4. The molecule has 0 fully saturated rings. The molecular weight excluding hydrogens is 439 g/mol. The zero-order valence-corrected chi connectivity index (χ0v) is 18.5. The highest BCUT2D eigenvalue weighted by molar-refractivity contribution is 6.39. The van der Waals surface area contributed by atoms with Gasteiger partial charge in [-0.2, -0.15) is 0 Å². The summed E-state index contributed by atoms with van der Waals surface area (Å²) < 4.78 is 10.7. The lowest BCUT2D eigenvalue weighted by Crippen LogP contribution is -2.38. The summed E-state index contributed by atoms with van der Waals surface area (Å²) in [5, 5.41) is 3.51. The minimum atomic E-state index is -0.431. The van der Waals surface area contributed by atoms with Crippen molar-refractivity contribution in [3.63, 3.8) is 0 Å². The molecule has 6 nitrogen and oxygen atoms in total. The number of nitrogens with zero attached hydrogens (tertiary/aromatic N) is 1. The van der Waals surface area contributed by atoms with Crippen molar-refractivity contribution in [1.29, 1.82) is 0 Å². The van der Waals surface area contributed by atoms with Crippen LogP contribution < -0.4 is 14.8 Å². The van der Waals surface area contributed by atoms with Gasteiger partial charge in [0.15, 0.2) is 11.5 Å². The van der Waals surface area contributed by atoms with E-state index in [-0.39, 0.29) is 23.0 Å². The number of hydrogen-bond donors (Lipinski definition) is 1. The van der Waals surface area contributed by atoms with Crippen LogP contribution in [0.15, 0.2) is 30.3 Å². The van der Waals surface area contributed by atoms with Crippen LogP contribution in [-0.2, 0) is 4.79 Å². The minimum absolute atomic E-state index is 0.190. The topological polar surface area (TPSA) is 67.9 Å². The summed E-state index contributed by atoms with van der Waals surface area (Å²) in [7, 11) is 1.46. The number of nitrogens with one attached hydrogen (secondary N) is 1. The standard InChI is InChI=1S/C20H21Cl3N2O4/c1-4-25(11-17(26)24-18-13(21)7-6-8-14(18)22)20(27)12-9-15(23)19(29-5-2)16(10-12)28-3/h6-10H,4-5,11H2,1-3H3,(H,24,26). The normalized spacial score (nSPS) is 10.4. The molecule has 1 N–H and O–H groups in total. The van der Waals surface area contributed by atoms with E-state index in [9.17, 15) is 9.59 Å². The van der Waals surface area contributed by atoms with Gasteiger partial charge in [-0.3, -0.25) is 9.59 Å². The van der Waals surface area contributed by atoms with E-state index in [4.69, 9.17) is 44.3 Å². The predicted molar refractivity (Wildman–Crippen MR) is 116 cm³/mol. The number of amides is 2. The Labute approximate surface area is 184 Å². The number of methoxy groups -OCH3 is 1. The summed E-state index contributed by atoms with van der Waals surface area (Å²) in [6.45, 7) is 4.09. The van der Waals surface area contributed by atoms with Crippen molar-refractivity contribution in [3.8, 4) is 11.5 Å². The Balaban J connectivity index is 2.20. The van der Waals surface area contributed by atoms with E-state index < -0.39 is 5.91 Å². The number of carbonyl (C=O) groups is 2. The second kappa shape index (κ2) is 10.6. The van der Waals surface area contributed by atoms with E-state index in [1.807, 2.05) is 6.92 Å². The Bertz CT molecular complexity index is 885. The first kappa shape index (κ1) is 23.1. The highest BCUT2D eigenvalue weighted by Gasteiger charge is 2.22. The van der Waals surface area contributed by atoms with Crippen LogP contribution in [0.25, 0.3) is 0 Å². The molecule has 9 heteroatoms. The summed E-state index contributed by atoms with van der Waals surface area (Å²) in [6, 6.07) is 7.92. The molecule has 0 saturated carbocycles. The number of rotatable bonds is 8. The van der Waals surface area contributed by atoms with E-state index in [0.29, 0.717) is 40.4 Å². The van der Waals surface area contributed by atoms with E-state index in [1.54, 1.807) is 25.1 Å². The van der Waals surface area contributed by atoms with E-state index in [0.717, 1.165) is 0 Å². The number of para-hydroxylation sites is 1. The quantitative estimate of drug-likeness (QED) is 0.592. The van der Waals surface area contributed by atoms with Crippen LogP contribution in [0.1, 0.15) is 24.2 Å². The lowest BCUT2D eigenvalue weighted by Gasteiger charge is -2.22. The second-order valence-electron chi connectivity index (χ2n) is 5.89. The fraction of sp³-hybridized carbons (Fsp3) is 0.300. The highest BCUT2D eigenvalue weighted by Crippen LogP contribution is 2.36. The van der Waals surface area contributed by atoms with Gasteiger partial charge in [-0.05, 0) is 38.1 Å². The maximum absolute atomic E-state index is 12.9. The third-order valence-electron chi connectivity index (χ3n) is 4.00. The average Bonchev–Trinajstić information content (AvgIpc) is 2.70. The van der Waals surface area contributed by atoms with Gasteiger partial charge in [0, 0.05) is 12.1 Å². The van der Waals surface area contributed by atoms with Gasteiger partial charge in [-0.15, -0.1) is 0 Å². The predicted octanol–water partition coefficient (Wildman–Crippen LogP) is 5.15. The highest BCUT2D eigenvalue weighted by atomic mass is 35.5. The molecule has 29 heavy (non-hydrogen) atoms. The van der Waals surface area contributed by atoms with Crippen molar-refractivity contribution in [2.24, 2.45) is 0 Å². The molecule has 2 aromatic rings. The van der Waals surface area contributed by atoms with Crippen LogP contribution in [0.3, 0.4) is 0 Å². The van der Waals surface area contributed by atoms with Crippen LogP contribution >= 0.6 is 34.8 Å². The Morgan fingerprint density at radius 2 is 1.72 bits per heavy atom. The van der Waals surface area contributed by atoms with E-state index in [2.05, 4.69) is 5.32 Å². The third kappa shape index (κ3) is 5.69. The number of anilines is 1. The molecule has 0 atom stereocenters. The van der Waals surface area contributed by atoms with Gasteiger partial charge in [0.25, 0.3) is 5.91 Å². The van der Waals surface area contributed by atoms with Crippen LogP contribution in [0.5, 0.6) is 11.5 Å². The molecule has 0 aliphatic heterocycles. The third-order valence-corrected chi connectivity index (χ3v) is 4.91. The van der Waals surface area contributed by atoms with Gasteiger partial charge in [-0.25, -0.2) is 0 Å². The zero-order chi connectivity index (χ0) is 21.6.